The van der Waals surface area contributed by atoms with Crippen LogP contribution >= 0.6 is 11.6 Å². The summed E-state index contributed by atoms with van der Waals surface area (Å²) in [6.45, 7) is 3.59. The molecular weight excluding hydrogens is 366 g/mol. The van der Waals surface area contributed by atoms with Gasteiger partial charge in [-0.05, 0) is 13.0 Å². The monoisotopic (exact) mass is 383 g/mol. The van der Waals surface area contributed by atoms with Crippen molar-refractivity contribution in [2.24, 2.45) is 0 Å². The number of esters is 2. The maximum absolute atomic E-state index is 11.7. The van der Waals surface area contributed by atoms with E-state index in [9.17, 15) is 14.7 Å². The third-order valence-electron chi connectivity index (χ3n) is 4.32. The number of aliphatic hydroxyl groups excluding tert-OH is 1. The highest BCUT2D eigenvalue weighted by molar-refractivity contribution is 6.33. The fraction of sp³-hybridized carbons (Fsp3) is 0.500. The van der Waals surface area contributed by atoms with E-state index in [0.717, 1.165) is 0 Å². The molecule has 10 heteroatoms. The molecule has 0 aliphatic carbocycles. The topological polar surface area (TPSA) is 113 Å². The maximum Gasteiger partial charge on any atom is 0.303 e. The summed E-state index contributed by atoms with van der Waals surface area (Å²) in [5.74, 6) is -1.17. The van der Waals surface area contributed by atoms with Gasteiger partial charge in [-0.2, -0.15) is 0 Å². The highest BCUT2D eigenvalue weighted by Crippen LogP contribution is 2.43. The Morgan fingerprint density at radius 3 is 2.73 bits per heavy atom. The Morgan fingerprint density at radius 2 is 2.12 bits per heavy atom. The van der Waals surface area contributed by atoms with E-state index in [1.807, 2.05) is 0 Å². The molecule has 2 aromatic heterocycles. The Kier molecular flexibility index (Phi) is 4.87. The normalized spacial score (nSPS) is 28.3. The summed E-state index contributed by atoms with van der Waals surface area (Å²) in [6.07, 6.45) is 0.149. The second-order valence-corrected chi connectivity index (χ2v) is 6.49. The maximum atomic E-state index is 11.7. The van der Waals surface area contributed by atoms with Crippen molar-refractivity contribution in [2.75, 3.05) is 6.61 Å². The molecular formula is C16H18ClN3O6. The van der Waals surface area contributed by atoms with Gasteiger partial charge in [0.15, 0.2) is 17.9 Å². The van der Waals surface area contributed by atoms with Crippen molar-refractivity contribution in [1.29, 1.82) is 0 Å². The van der Waals surface area contributed by atoms with Gasteiger partial charge in [-0.25, -0.2) is 9.97 Å². The first-order valence-electron chi connectivity index (χ1n) is 7.88. The molecule has 1 N–H and O–H groups in total. The molecule has 4 atom stereocenters. The summed E-state index contributed by atoms with van der Waals surface area (Å²) in [5.41, 5.74) is -0.930. The Balaban J connectivity index is 2.10. The summed E-state index contributed by atoms with van der Waals surface area (Å²) in [6, 6.07) is 1.70. The number of fused-ring (bicyclic) bond motifs is 1. The third kappa shape index (κ3) is 3.02. The van der Waals surface area contributed by atoms with Crippen molar-refractivity contribution in [3.05, 3.63) is 23.7 Å². The van der Waals surface area contributed by atoms with Crippen LogP contribution in [0.5, 0.6) is 0 Å². The van der Waals surface area contributed by atoms with Gasteiger partial charge < -0.3 is 23.9 Å². The van der Waals surface area contributed by atoms with Crippen LogP contribution in [0.25, 0.3) is 11.0 Å². The van der Waals surface area contributed by atoms with E-state index in [1.165, 1.54) is 20.2 Å². The average molecular weight is 384 g/mol. The molecule has 2 aromatic rings. The molecule has 1 fully saturated rings. The molecule has 1 aliphatic heterocycles. The summed E-state index contributed by atoms with van der Waals surface area (Å²) < 4.78 is 18.3. The van der Waals surface area contributed by atoms with Crippen LogP contribution in [0.1, 0.15) is 27.0 Å². The lowest BCUT2D eigenvalue weighted by Gasteiger charge is -2.33. The SMILES string of the molecule is CC(=O)OC1C(n2ccc3c(Cl)ncnc32)OC(CO)C1(C)OC(C)=O. The molecule has 0 spiro atoms. The molecule has 4 unspecified atom stereocenters. The summed E-state index contributed by atoms with van der Waals surface area (Å²) in [5, 5.41) is 10.6. The molecule has 0 aromatic carbocycles. The number of ether oxygens (including phenoxy) is 3. The van der Waals surface area contributed by atoms with Crippen LogP contribution in [-0.4, -0.2) is 56.0 Å². The van der Waals surface area contributed by atoms with E-state index in [4.69, 9.17) is 25.8 Å². The molecule has 1 aliphatic rings. The number of nitrogens with zero attached hydrogens (tertiary/aromatic N) is 3. The Labute approximate surface area is 153 Å². The minimum Gasteiger partial charge on any atom is -0.453 e. The van der Waals surface area contributed by atoms with Gasteiger partial charge in [-0.1, -0.05) is 11.6 Å². The van der Waals surface area contributed by atoms with Crippen LogP contribution in [0, 0.1) is 0 Å². The minimum absolute atomic E-state index is 0.261. The number of halogens is 1. The van der Waals surface area contributed by atoms with E-state index in [2.05, 4.69) is 9.97 Å². The van der Waals surface area contributed by atoms with E-state index >= 15 is 0 Å². The van der Waals surface area contributed by atoms with Crippen molar-refractivity contribution in [3.8, 4) is 0 Å². The highest BCUT2D eigenvalue weighted by atomic mass is 35.5. The van der Waals surface area contributed by atoms with E-state index in [1.54, 1.807) is 23.8 Å². The van der Waals surface area contributed by atoms with Gasteiger partial charge in [0.05, 0.1) is 12.0 Å². The predicted octanol–water partition coefficient (Wildman–Crippen LogP) is 1.23. The molecule has 3 heterocycles. The lowest BCUT2D eigenvalue weighted by Crippen LogP contribution is -2.51. The zero-order valence-corrected chi connectivity index (χ0v) is 15.1. The van der Waals surface area contributed by atoms with Gasteiger partial charge >= 0.3 is 11.9 Å². The first kappa shape index (κ1) is 18.6. The van der Waals surface area contributed by atoms with Crippen LogP contribution < -0.4 is 0 Å². The van der Waals surface area contributed by atoms with E-state index in [0.29, 0.717) is 11.0 Å². The van der Waals surface area contributed by atoms with Crippen LogP contribution in [-0.2, 0) is 23.8 Å². The lowest BCUT2D eigenvalue weighted by atomic mass is 9.94. The van der Waals surface area contributed by atoms with Gasteiger partial charge in [-0.15, -0.1) is 0 Å². The molecule has 0 saturated carbocycles. The zero-order valence-electron chi connectivity index (χ0n) is 14.4. The van der Waals surface area contributed by atoms with Crippen molar-refractivity contribution in [2.45, 2.75) is 44.8 Å². The van der Waals surface area contributed by atoms with Gasteiger partial charge in [-0.3, -0.25) is 9.59 Å². The largest absolute Gasteiger partial charge is 0.453 e. The Morgan fingerprint density at radius 1 is 1.38 bits per heavy atom. The van der Waals surface area contributed by atoms with E-state index in [-0.39, 0.29) is 5.15 Å². The summed E-state index contributed by atoms with van der Waals surface area (Å²) >= 11 is 6.08. The smallest absolute Gasteiger partial charge is 0.303 e. The number of rotatable bonds is 4. The molecule has 0 bridgehead atoms. The van der Waals surface area contributed by atoms with Crippen molar-refractivity contribution < 1.29 is 28.9 Å². The molecule has 9 nitrogen and oxygen atoms in total. The van der Waals surface area contributed by atoms with Gasteiger partial charge in [0.2, 0.25) is 0 Å². The van der Waals surface area contributed by atoms with Gasteiger partial charge in [0.1, 0.15) is 23.2 Å². The Bertz CT molecular complexity index is 856. The van der Waals surface area contributed by atoms with Crippen molar-refractivity contribution in [1.82, 2.24) is 14.5 Å². The van der Waals surface area contributed by atoms with E-state index < -0.39 is 42.6 Å². The van der Waals surface area contributed by atoms with Crippen molar-refractivity contribution >= 4 is 34.6 Å². The standard InChI is InChI=1S/C16H18ClN3O6/c1-8(22)24-12-15(25-11(6-21)16(12,3)26-9(2)23)20-5-4-10-13(17)18-7-19-14(10)20/h4-5,7,11-12,15,21H,6H2,1-3H3. The third-order valence-corrected chi connectivity index (χ3v) is 4.63. The molecule has 3 rings (SSSR count). The average Bonchev–Trinajstić information content (AvgIpc) is 3.08. The number of hydrogen-bond acceptors (Lipinski definition) is 8. The zero-order chi connectivity index (χ0) is 19.1. The summed E-state index contributed by atoms with van der Waals surface area (Å²) in [4.78, 5) is 31.4. The Hall–Kier alpha value is -2.23. The molecule has 0 amide bonds. The molecule has 140 valence electrons. The van der Waals surface area contributed by atoms with Gasteiger partial charge in [0.25, 0.3) is 0 Å². The lowest BCUT2D eigenvalue weighted by molar-refractivity contribution is -0.182. The van der Waals surface area contributed by atoms with Crippen LogP contribution in [0.3, 0.4) is 0 Å². The highest BCUT2D eigenvalue weighted by Gasteiger charge is 2.59. The second-order valence-electron chi connectivity index (χ2n) is 6.13. The fourth-order valence-corrected chi connectivity index (χ4v) is 3.40. The molecule has 1 saturated heterocycles. The fourth-order valence-electron chi connectivity index (χ4n) is 3.21. The first-order valence-corrected chi connectivity index (χ1v) is 8.26. The second kappa shape index (κ2) is 6.82. The van der Waals surface area contributed by atoms with Crippen LogP contribution in [0.15, 0.2) is 18.6 Å². The number of hydrogen-bond donors (Lipinski definition) is 1. The number of carbonyl (C=O) groups is 2. The first-order chi connectivity index (χ1) is 12.3. The predicted molar refractivity (Wildman–Crippen MR) is 89.3 cm³/mol. The number of aromatic nitrogens is 3. The summed E-state index contributed by atoms with van der Waals surface area (Å²) in [7, 11) is 0. The van der Waals surface area contributed by atoms with Crippen LogP contribution in [0.4, 0.5) is 0 Å². The molecule has 26 heavy (non-hydrogen) atoms. The van der Waals surface area contributed by atoms with Gasteiger partial charge in [0, 0.05) is 20.0 Å². The van der Waals surface area contributed by atoms with Crippen LogP contribution in [0.2, 0.25) is 5.15 Å². The quantitative estimate of drug-likeness (QED) is 0.619. The number of aliphatic hydroxyl groups is 1. The van der Waals surface area contributed by atoms with Crippen molar-refractivity contribution in [3.63, 3.8) is 0 Å². The number of carbonyl (C=O) groups excluding carboxylic acids is 2. The minimum atomic E-state index is -1.38. The molecule has 0 radical (unpaired) electrons.